The van der Waals surface area contributed by atoms with Gasteiger partial charge < -0.3 is 10.6 Å². The van der Waals surface area contributed by atoms with Crippen molar-refractivity contribution in [3.63, 3.8) is 0 Å². The molecular weight excluding hydrogens is 307 g/mol. The van der Waals surface area contributed by atoms with Crippen molar-refractivity contribution in [2.45, 2.75) is 6.92 Å². The molecule has 0 unspecified atom stereocenters. The maximum Gasteiger partial charge on any atom is 0.255 e. The highest BCUT2D eigenvalue weighted by Crippen LogP contribution is 2.21. The van der Waals surface area contributed by atoms with Gasteiger partial charge in [0, 0.05) is 18.2 Å². The predicted molar refractivity (Wildman–Crippen MR) is 92.6 cm³/mol. The molecule has 0 aliphatic carbocycles. The second-order valence-corrected chi connectivity index (χ2v) is 5.39. The van der Waals surface area contributed by atoms with Crippen LogP contribution in [0.5, 0.6) is 0 Å². The van der Waals surface area contributed by atoms with Gasteiger partial charge in [-0.3, -0.25) is 9.59 Å². The third-order valence-corrected chi connectivity index (χ3v) is 3.55. The summed E-state index contributed by atoms with van der Waals surface area (Å²) in [7, 11) is 0. The third-order valence-electron chi connectivity index (χ3n) is 3.55. The van der Waals surface area contributed by atoms with Crippen LogP contribution >= 0.6 is 0 Å². The van der Waals surface area contributed by atoms with Gasteiger partial charge in [-0.2, -0.15) is 0 Å². The maximum absolute atomic E-state index is 13.6. The Morgan fingerprint density at radius 1 is 0.875 bits per heavy atom. The fraction of sp³-hybridized carbons (Fsp3) is 0.0526. The molecule has 24 heavy (non-hydrogen) atoms. The number of benzene rings is 3. The molecule has 0 heterocycles. The first-order valence-electron chi connectivity index (χ1n) is 7.40. The molecule has 3 rings (SSSR count). The Labute approximate surface area is 138 Å². The summed E-state index contributed by atoms with van der Waals surface area (Å²) in [5.74, 6) is -1.25. The molecule has 0 aliphatic rings. The first-order chi connectivity index (χ1) is 11.5. The molecule has 0 bridgehead atoms. The zero-order valence-corrected chi connectivity index (χ0v) is 13.0. The normalized spacial score (nSPS) is 10.4. The Morgan fingerprint density at radius 3 is 2.38 bits per heavy atom. The summed E-state index contributed by atoms with van der Waals surface area (Å²) in [5, 5.41) is 7.10. The molecule has 3 aromatic rings. The average Bonchev–Trinajstić information content (AvgIpc) is 2.57. The lowest BCUT2D eigenvalue weighted by Gasteiger charge is -2.09. The van der Waals surface area contributed by atoms with Gasteiger partial charge >= 0.3 is 0 Å². The summed E-state index contributed by atoms with van der Waals surface area (Å²) in [6, 6.07) is 17.2. The first kappa shape index (κ1) is 15.7. The van der Waals surface area contributed by atoms with E-state index in [0.717, 1.165) is 10.8 Å². The number of nitrogens with one attached hydrogen (secondary N) is 2. The maximum atomic E-state index is 13.6. The molecule has 3 aromatic carbocycles. The minimum absolute atomic E-state index is 0.0267. The van der Waals surface area contributed by atoms with E-state index < -0.39 is 5.82 Å². The lowest BCUT2D eigenvalue weighted by Crippen LogP contribution is -2.13. The number of hydrogen-bond donors (Lipinski definition) is 2. The summed E-state index contributed by atoms with van der Waals surface area (Å²) in [5.41, 5.74) is 0.927. The summed E-state index contributed by atoms with van der Waals surface area (Å²) in [6.45, 7) is 1.29. The van der Waals surface area contributed by atoms with E-state index in [1.54, 1.807) is 12.1 Å². The summed E-state index contributed by atoms with van der Waals surface area (Å²) in [6.07, 6.45) is 0. The van der Waals surface area contributed by atoms with Crippen molar-refractivity contribution in [1.29, 1.82) is 0 Å². The summed E-state index contributed by atoms with van der Waals surface area (Å²) < 4.78 is 13.6. The second kappa shape index (κ2) is 6.50. The molecule has 4 nitrogen and oxygen atoms in total. The smallest absolute Gasteiger partial charge is 0.255 e. The highest BCUT2D eigenvalue weighted by molar-refractivity contribution is 6.06. The number of halogens is 1. The van der Waals surface area contributed by atoms with Crippen molar-refractivity contribution in [2.24, 2.45) is 0 Å². The molecule has 5 heteroatoms. The SMILES string of the molecule is CC(=O)Nc1cc(NC(=O)c2ccc3ccccc3c2)ccc1F. The van der Waals surface area contributed by atoms with Crippen molar-refractivity contribution in [1.82, 2.24) is 0 Å². The van der Waals surface area contributed by atoms with E-state index in [4.69, 9.17) is 0 Å². The van der Waals surface area contributed by atoms with Crippen molar-refractivity contribution in [2.75, 3.05) is 10.6 Å². The highest BCUT2D eigenvalue weighted by atomic mass is 19.1. The highest BCUT2D eigenvalue weighted by Gasteiger charge is 2.10. The van der Waals surface area contributed by atoms with Gasteiger partial charge in [0.1, 0.15) is 5.82 Å². The molecule has 0 atom stereocenters. The van der Waals surface area contributed by atoms with E-state index in [1.165, 1.54) is 25.1 Å². The predicted octanol–water partition coefficient (Wildman–Crippen LogP) is 4.19. The van der Waals surface area contributed by atoms with Crippen LogP contribution < -0.4 is 10.6 Å². The Balaban J connectivity index is 1.84. The van der Waals surface area contributed by atoms with E-state index in [9.17, 15) is 14.0 Å². The van der Waals surface area contributed by atoms with Crippen LogP contribution in [0.1, 0.15) is 17.3 Å². The quantitative estimate of drug-likeness (QED) is 0.759. The van der Waals surface area contributed by atoms with E-state index in [2.05, 4.69) is 10.6 Å². The largest absolute Gasteiger partial charge is 0.324 e. The Bertz CT molecular complexity index is 938. The van der Waals surface area contributed by atoms with Crippen LogP contribution in [0, 0.1) is 5.82 Å². The van der Waals surface area contributed by atoms with Gasteiger partial charge in [-0.25, -0.2) is 4.39 Å². The third kappa shape index (κ3) is 3.41. The zero-order chi connectivity index (χ0) is 17.1. The van der Waals surface area contributed by atoms with Crippen LogP contribution in [-0.2, 0) is 4.79 Å². The number of hydrogen-bond acceptors (Lipinski definition) is 2. The van der Waals surface area contributed by atoms with E-state index in [0.29, 0.717) is 11.3 Å². The van der Waals surface area contributed by atoms with Crippen LogP contribution in [0.25, 0.3) is 10.8 Å². The Kier molecular flexibility index (Phi) is 4.24. The molecule has 2 amide bonds. The van der Waals surface area contributed by atoms with Crippen LogP contribution in [0.4, 0.5) is 15.8 Å². The summed E-state index contributed by atoms with van der Waals surface area (Å²) >= 11 is 0. The van der Waals surface area contributed by atoms with Crippen molar-refractivity contribution in [3.8, 4) is 0 Å². The van der Waals surface area contributed by atoms with Gasteiger partial charge in [-0.15, -0.1) is 0 Å². The molecule has 120 valence electrons. The summed E-state index contributed by atoms with van der Waals surface area (Å²) in [4.78, 5) is 23.5. The lowest BCUT2D eigenvalue weighted by molar-refractivity contribution is -0.114. The Hall–Kier alpha value is -3.21. The van der Waals surface area contributed by atoms with Gasteiger partial charge in [-0.05, 0) is 41.1 Å². The Morgan fingerprint density at radius 2 is 1.62 bits per heavy atom. The number of anilines is 2. The molecular formula is C19H15FN2O2. The van der Waals surface area contributed by atoms with Crippen LogP contribution in [0.2, 0.25) is 0 Å². The van der Waals surface area contributed by atoms with Crippen LogP contribution in [0.15, 0.2) is 60.7 Å². The number of carbonyl (C=O) groups is 2. The fourth-order valence-corrected chi connectivity index (χ4v) is 2.42. The second-order valence-electron chi connectivity index (χ2n) is 5.39. The van der Waals surface area contributed by atoms with E-state index >= 15 is 0 Å². The van der Waals surface area contributed by atoms with E-state index in [1.807, 2.05) is 30.3 Å². The van der Waals surface area contributed by atoms with Crippen molar-refractivity contribution in [3.05, 3.63) is 72.0 Å². The standard InChI is InChI=1S/C19H15FN2O2/c1-12(23)21-18-11-16(8-9-17(18)20)22-19(24)15-7-6-13-4-2-3-5-14(13)10-15/h2-11H,1H3,(H,21,23)(H,22,24). The van der Waals surface area contributed by atoms with Gasteiger partial charge in [0.15, 0.2) is 0 Å². The van der Waals surface area contributed by atoms with Gasteiger partial charge in [0.25, 0.3) is 5.91 Å². The topological polar surface area (TPSA) is 58.2 Å². The van der Waals surface area contributed by atoms with Crippen LogP contribution in [-0.4, -0.2) is 11.8 Å². The van der Waals surface area contributed by atoms with Crippen molar-refractivity contribution >= 4 is 34.0 Å². The fourth-order valence-electron chi connectivity index (χ4n) is 2.42. The number of carbonyl (C=O) groups excluding carboxylic acids is 2. The minimum Gasteiger partial charge on any atom is -0.324 e. The van der Waals surface area contributed by atoms with Crippen LogP contribution in [0.3, 0.4) is 0 Å². The van der Waals surface area contributed by atoms with E-state index in [-0.39, 0.29) is 17.5 Å². The molecule has 0 fully saturated rings. The monoisotopic (exact) mass is 322 g/mol. The lowest BCUT2D eigenvalue weighted by atomic mass is 10.1. The zero-order valence-electron chi connectivity index (χ0n) is 13.0. The molecule has 2 N–H and O–H groups in total. The van der Waals surface area contributed by atoms with Gasteiger partial charge in [0.05, 0.1) is 5.69 Å². The minimum atomic E-state index is -0.561. The molecule has 0 aromatic heterocycles. The number of rotatable bonds is 3. The molecule has 0 saturated carbocycles. The first-order valence-corrected chi connectivity index (χ1v) is 7.40. The molecule has 0 radical (unpaired) electrons. The number of amides is 2. The number of fused-ring (bicyclic) bond motifs is 1. The molecule has 0 aliphatic heterocycles. The van der Waals surface area contributed by atoms with Crippen molar-refractivity contribution < 1.29 is 14.0 Å². The van der Waals surface area contributed by atoms with Gasteiger partial charge in [-0.1, -0.05) is 30.3 Å². The average molecular weight is 322 g/mol. The van der Waals surface area contributed by atoms with Gasteiger partial charge in [0.2, 0.25) is 5.91 Å². The molecule has 0 spiro atoms. The molecule has 0 saturated heterocycles.